The van der Waals surface area contributed by atoms with Crippen LogP contribution in [0.15, 0.2) is 54.7 Å². The van der Waals surface area contributed by atoms with Crippen LogP contribution < -0.4 is 10.1 Å². The van der Waals surface area contributed by atoms with Crippen molar-refractivity contribution in [3.8, 4) is 5.75 Å². The minimum absolute atomic E-state index is 0.173. The summed E-state index contributed by atoms with van der Waals surface area (Å²) in [4.78, 5) is 40.5. The fourth-order valence-corrected chi connectivity index (χ4v) is 4.41. The Morgan fingerprint density at radius 3 is 2.74 bits per heavy atom. The summed E-state index contributed by atoms with van der Waals surface area (Å²) in [6.07, 6.45) is 1.19. The number of fused-ring (bicyclic) bond motifs is 1. The zero-order valence-electron chi connectivity index (χ0n) is 20.7. The molecule has 0 bridgehead atoms. The molecule has 0 saturated carbocycles. The van der Waals surface area contributed by atoms with Crippen LogP contribution in [0.4, 0.5) is 0 Å². The van der Waals surface area contributed by atoms with Gasteiger partial charge in [-0.15, -0.1) is 0 Å². The van der Waals surface area contributed by atoms with Crippen LogP contribution >= 0.6 is 0 Å². The molecule has 34 heavy (non-hydrogen) atoms. The third kappa shape index (κ3) is 4.41. The van der Waals surface area contributed by atoms with Crippen molar-refractivity contribution in [2.75, 3.05) is 19.7 Å². The number of piperidine rings is 1. The zero-order chi connectivity index (χ0) is 25.4. The Labute approximate surface area is 200 Å². The lowest BCUT2D eigenvalue weighted by atomic mass is 10.0. The highest BCUT2D eigenvalue weighted by atomic mass is 16.5. The molecule has 2 saturated heterocycles. The Balaban J connectivity index is 1.23. The molecule has 5 rings (SSSR count). The van der Waals surface area contributed by atoms with Crippen LogP contribution in [0.3, 0.4) is 0 Å². The number of benzene rings is 2. The number of ether oxygens (including phenoxy) is 2. The van der Waals surface area contributed by atoms with Crippen molar-refractivity contribution in [2.45, 2.75) is 38.6 Å². The SMILES string of the molecule is [2H]C1OCC(=O)N(Cc2ccc(COc3cccc4c3CN(C3CCC(=C)NC3=O)C4=O)cc2)C1[2H]. The molecule has 8 nitrogen and oxygen atoms in total. The highest BCUT2D eigenvalue weighted by Gasteiger charge is 2.39. The summed E-state index contributed by atoms with van der Waals surface area (Å²) in [5.74, 6) is -0.0787. The predicted octanol–water partition coefficient (Wildman–Crippen LogP) is 2.37. The summed E-state index contributed by atoms with van der Waals surface area (Å²) >= 11 is 0. The topological polar surface area (TPSA) is 88.2 Å². The number of rotatable bonds is 6. The Hall–Kier alpha value is -3.65. The fraction of sp³-hybridized carbons (Fsp3) is 0.346. The van der Waals surface area contributed by atoms with Crippen LogP contribution in [0.25, 0.3) is 0 Å². The van der Waals surface area contributed by atoms with Crippen LogP contribution in [-0.2, 0) is 34.0 Å². The van der Waals surface area contributed by atoms with Gasteiger partial charge in [-0.05, 0) is 36.1 Å². The second kappa shape index (κ2) is 9.30. The Morgan fingerprint density at radius 2 is 1.94 bits per heavy atom. The third-order valence-electron chi connectivity index (χ3n) is 6.29. The van der Waals surface area contributed by atoms with E-state index in [0.717, 1.165) is 16.7 Å². The van der Waals surface area contributed by atoms with E-state index in [1.807, 2.05) is 30.3 Å². The van der Waals surface area contributed by atoms with E-state index in [2.05, 4.69) is 11.9 Å². The van der Waals surface area contributed by atoms with E-state index < -0.39 is 19.1 Å². The largest absolute Gasteiger partial charge is 0.489 e. The zero-order valence-corrected chi connectivity index (χ0v) is 18.7. The van der Waals surface area contributed by atoms with E-state index in [1.165, 1.54) is 4.90 Å². The van der Waals surface area contributed by atoms with Gasteiger partial charge in [0.05, 0.1) is 15.9 Å². The number of amides is 3. The number of nitrogens with zero attached hydrogens (tertiary/aromatic N) is 2. The van der Waals surface area contributed by atoms with Crippen LogP contribution in [0, 0.1) is 0 Å². The molecule has 0 radical (unpaired) electrons. The standard InChI is InChI=1S/C26H27N3O5/c1-17-5-10-22(25(31)27-17)29-14-21-20(26(29)32)3-2-4-23(21)34-15-19-8-6-18(7-9-19)13-28-11-12-33-16-24(28)30/h2-4,6-9,22H,1,5,10-16H2,(H,27,31)/i11D,12D. The first-order valence-corrected chi connectivity index (χ1v) is 11.2. The minimum atomic E-state index is -1.07. The van der Waals surface area contributed by atoms with Gasteiger partial charge in [-0.2, -0.15) is 0 Å². The minimum Gasteiger partial charge on any atom is -0.489 e. The fourth-order valence-electron chi connectivity index (χ4n) is 4.41. The molecule has 3 aliphatic heterocycles. The number of hydrogen-bond acceptors (Lipinski definition) is 5. The van der Waals surface area contributed by atoms with Crippen molar-refractivity contribution in [2.24, 2.45) is 0 Å². The molecular formula is C26H27N3O5. The summed E-state index contributed by atoms with van der Waals surface area (Å²) in [6, 6.07) is 12.3. The number of carbonyl (C=O) groups is 3. The van der Waals surface area contributed by atoms with E-state index >= 15 is 0 Å². The second-order valence-corrected chi connectivity index (χ2v) is 8.59. The summed E-state index contributed by atoms with van der Waals surface area (Å²) in [5.41, 5.74) is 3.74. The summed E-state index contributed by atoms with van der Waals surface area (Å²) in [5, 5.41) is 2.75. The maximum absolute atomic E-state index is 13.0. The van der Waals surface area contributed by atoms with Gasteiger partial charge in [-0.3, -0.25) is 14.4 Å². The number of hydrogen-bond donors (Lipinski definition) is 1. The van der Waals surface area contributed by atoms with Crippen molar-refractivity contribution in [1.29, 1.82) is 0 Å². The van der Waals surface area contributed by atoms with Gasteiger partial charge < -0.3 is 24.6 Å². The monoisotopic (exact) mass is 463 g/mol. The molecule has 0 spiro atoms. The van der Waals surface area contributed by atoms with Gasteiger partial charge in [0.1, 0.15) is 25.0 Å². The molecule has 176 valence electrons. The Kier molecular flexibility index (Phi) is 5.42. The summed E-state index contributed by atoms with van der Waals surface area (Å²) in [7, 11) is 0. The lowest BCUT2D eigenvalue weighted by Crippen LogP contribution is -2.49. The van der Waals surface area contributed by atoms with Crippen LogP contribution in [0.1, 0.15) is 42.6 Å². The average Bonchev–Trinajstić information content (AvgIpc) is 3.20. The third-order valence-corrected chi connectivity index (χ3v) is 6.29. The second-order valence-electron chi connectivity index (χ2n) is 8.59. The molecule has 3 amide bonds. The molecule has 0 aliphatic carbocycles. The highest BCUT2D eigenvalue weighted by molar-refractivity contribution is 6.02. The molecule has 3 unspecified atom stereocenters. The van der Waals surface area contributed by atoms with Crippen LogP contribution in [0.5, 0.6) is 5.75 Å². The molecule has 1 N–H and O–H groups in total. The van der Waals surface area contributed by atoms with E-state index in [9.17, 15) is 14.4 Å². The van der Waals surface area contributed by atoms with Gasteiger partial charge in [0.25, 0.3) is 5.91 Å². The predicted molar refractivity (Wildman–Crippen MR) is 124 cm³/mol. The maximum atomic E-state index is 13.0. The highest BCUT2D eigenvalue weighted by Crippen LogP contribution is 2.34. The van der Waals surface area contributed by atoms with Gasteiger partial charge in [0.2, 0.25) is 11.8 Å². The average molecular weight is 464 g/mol. The van der Waals surface area contributed by atoms with E-state index in [4.69, 9.17) is 12.2 Å². The van der Waals surface area contributed by atoms with E-state index in [1.54, 1.807) is 17.0 Å². The summed E-state index contributed by atoms with van der Waals surface area (Å²) < 4.78 is 26.8. The lowest BCUT2D eigenvalue weighted by molar-refractivity contribution is -0.143. The van der Waals surface area contributed by atoms with E-state index in [0.29, 0.717) is 36.4 Å². The lowest BCUT2D eigenvalue weighted by Gasteiger charge is -2.31. The van der Waals surface area contributed by atoms with Gasteiger partial charge >= 0.3 is 0 Å². The van der Waals surface area contributed by atoms with Crippen molar-refractivity contribution in [3.63, 3.8) is 0 Å². The summed E-state index contributed by atoms with van der Waals surface area (Å²) in [6.45, 7) is 2.31. The number of allylic oxidation sites excluding steroid dienone is 1. The van der Waals surface area contributed by atoms with Crippen molar-refractivity contribution in [1.82, 2.24) is 15.1 Å². The maximum Gasteiger partial charge on any atom is 0.255 e. The number of carbonyl (C=O) groups excluding carboxylic acids is 3. The number of nitrogens with one attached hydrogen (secondary N) is 1. The van der Waals surface area contributed by atoms with Gasteiger partial charge in [-0.1, -0.05) is 36.9 Å². The molecule has 2 aromatic carbocycles. The first-order chi connectivity index (χ1) is 17.3. The first-order valence-electron chi connectivity index (χ1n) is 12.3. The molecule has 3 aliphatic rings. The van der Waals surface area contributed by atoms with Gasteiger partial charge in [-0.25, -0.2) is 0 Å². The van der Waals surface area contributed by atoms with Gasteiger partial charge in [0, 0.05) is 29.9 Å². The quantitative estimate of drug-likeness (QED) is 0.711. The normalized spacial score (nSPS) is 25.6. The smallest absolute Gasteiger partial charge is 0.255 e. The van der Waals surface area contributed by atoms with E-state index in [-0.39, 0.29) is 37.5 Å². The van der Waals surface area contributed by atoms with Crippen LogP contribution in [-0.4, -0.2) is 53.3 Å². The molecule has 2 fully saturated rings. The molecule has 0 aromatic heterocycles. The first kappa shape index (κ1) is 19.8. The Morgan fingerprint density at radius 1 is 1.15 bits per heavy atom. The van der Waals surface area contributed by atoms with Gasteiger partial charge in [0.15, 0.2) is 0 Å². The molecule has 3 heterocycles. The Bertz CT molecular complexity index is 1220. The molecule has 3 atom stereocenters. The van der Waals surface area contributed by atoms with Crippen molar-refractivity contribution >= 4 is 17.7 Å². The molecule has 8 heteroatoms. The van der Waals surface area contributed by atoms with Crippen molar-refractivity contribution in [3.05, 3.63) is 77.0 Å². The molecule has 2 aromatic rings. The van der Waals surface area contributed by atoms with Crippen molar-refractivity contribution < 1.29 is 26.6 Å². The van der Waals surface area contributed by atoms with Crippen LogP contribution in [0.2, 0.25) is 0 Å². The molecular weight excluding hydrogens is 434 g/mol. The number of morpholine rings is 1.